The van der Waals surface area contributed by atoms with Gasteiger partial charge in [-0.2, -0.15) is 0 Å². The fraction of sp³-hybridized carbons (Fsp3) is 0.231. The fourth-order valence-electron chi connectivity index (χ4n) is 1.88. The van der Waals surface area contributed by atoms with Gasteiger partial charge in [0.2, 0.25) is 5.43 Å². The maximum absolute atomic E-state index is 12.0. The van der Waals surface area contributed by atoms with Crippen LogP contribution in [0.2, 0.25) is 0 Å². The summed E-state index contributed by atoms with van der Waals surface area (Å²) in [7, 11) is 1.70. The molecule has 0 saturated carbocycles. The van der Waals surface area contributed by atoms with Crippen LogP contribution in [0, 0.1) is 0 Å². The molecule has 1 aromatic carbocycles. The molecular weight excluding hydrogens is 234 g/mol. The summed E-state index contributed by atoms with van der Waals surface area (Å²) in [5, 5.41) is 9.33. The highest BCUT2D eigenvalue weighted by Gasteiger charge is 2.13. The molecule has 0 unspecified atom stereocenters. The maximum atomic E-state index is 12.0. The summed E-state index contributed by atoms with van der Waals surface area (Å²) in [5.74, 6) is -0.663. The highest BCUT2D eigenvalue weighted by Crippen LogP contribution is 2.18. The predicted octanol–water partition coefficient (Wildman–Crippen LogP) is 1.64. The van der Waals surface area contributed by atoms with E-state index < -0.39 is 11.4 Å². The number of hydrogen-bond acceptors (Lipinski definition) is 3. The topological polar surface area (TPSA) is 68.5 Å². The van der Waals surface area contributed by atoms with Gasteiger partial charge in [-0.1, -0.05) is 0 Å². The minimum Gasteiger partial charge on any atom is -0.494 e. The number of nitrogens with zero attached hydrogens (tertiary/aromatic N) is 1. The molecule has 0 spiro atoms. The number of ether oxygens (including phenoxy) is 1. The predicted molar refractivity (Wildman–Crippen MR) is 67.3 cm³/mol. The van der Waals surface area contributed by atoms with Crippen molar-refractivity contribution in [3.8, 4) is 5.75 Å². The molecule has 0 atom stereocenters. The van der Waals surface area contributed by atoms with Crippen LogP contribution in [0.4, 0.5) is 0 Å². The molecule has 1 heterocycles. The van der Waals surface area contributed by atoms with Crippen LogP contribution in [0.5, 0.6) is 5.75 Å². The second-order valence-electron chi connectivity index (χ2n) is 3.90. The Balaban J connectivity index is 2.79. The molecule has 0 saturated heterocycles. The van der Waals surface area contributed by atoms with Crippen LogP contribution < -0.4 is 10.2 Å². The average molecular weight is 247 g/mol. The number of aromatic nitrogens is 1. The van der Waals surface area contributed by atoms with Crippen molar-refractivity contribution in [2.24, 2.45) is 7.05 Å². The Bertz CT molecular complexity index is 672. The first kappa shape index (κ1) is 12.2. The van der Waals surface area contributed by atoms with Crippen molar-refractivity contribution < 1.29 is 14.6 Å². The largest absolute Gasteiger partial charge is 0.494 e. The summed E-state index contributed by atoms with van der Waals surface area (Å²) in [6.07, 6.45) is 1.33. The third-order valence-corrected chi connectivity index (χ3v) is 2.70. The molecule has 0 aliphatic rings. The quantitative estimate of drug-likeness (QED) is 0.895. The summed E-state index contributed by atoms with van der Waals surface area (Å²) in [6, 6.07) is 5.08. The molecule has 5 heteroatoms. The van der Waals surface area contributed by atoms with Crippen molar-refractivity contribution in [3.63, 3.8) is 0 Å². The van der Waals surface area contributed by atoms with Crippen molar-refractivity contribution in [2.45, 2.75) is 6.92 Å². The summed E-state index contributed by atoms with van der Waals surface area (Å²) in [4.78, 5) is 23.0. The standard InChI is InChI=1S/C13H13NO4/c1-3-18-8-4-5-11-9(6-8)12(15)10(13(16)17)7-14(11)2/h4-7H,3H2,1-2H3,(H,16,17). The summed E-state index contributed by atoms with van der Waals surface area (Å²) in [5.41, 5.74) is -0.0516. The number of hydrogen-bond donors (Lipinski definition) is 1. The molecule has 0 radical (unpaired) electrons. The Morgan fingerprint density at radius 1 is 1.44 bits per heavy atom. The van der Waals surface area contributed by atoms with E-state index in [0.717, 1.165) is 0 Å². The third kappa shape index (κ3) is 1.95. The lowest BCUT2D eigenvalue weighted by Crippen LogP contribution is -2.17. The minimum atomic E-state index is -1.22. The Hall–Kier alpha value is -2.30. The van der Waals surface area contributed by atoms with Gasteiger partial charge >= 0.3 is 5.97 Å². The second-order valence-corrected chi connectivity index (χ2v) is 3.90. The minimum absolute atomic E-state index is 0.237. The molecule has 5 nitrogen and oxygen atoms in total. The van der Waals surface area contributed by atoms with Gasteiger partial charge < -0.3 is 14.4 Å². The molecule has 94 valence electrons. The van der Waals surface area contributed by atoms with Crippen molar-refractivity contribution in [2.75, 3.05) is 6.61 Å². The van der Waals surface area contributed by atoms with Gasteiger partial charge in [0.15, 0.2) is 0 Å². The smallest absolute Gasteiger partial charge is 0.341 e. The number of aromatic carboxylic acids is 1. The van der Waals surface area contributed by atoms with E-state index in [1.54, 1.807) is 29.8 Å². The Labute approximate surface area is 103 Å². The summed E-state index contributed by atoms with van der Waals surface area (Å²) in [6.45, 7) is 2.33. The molecule has 2 rings (SSSR count). The lowest BCUT2D eigenvalue weighted by Gasteiger charge is -2.09. The van der Waals surface area contributed by atoms with E-state index in [2.05, 4.69) is 0 Å². The summed E-state index contributed by atoms with van der Waals surface area (Å²) < 4.78 is 6.93. The van der Waals surface area contributed by atoms with Gasteiger partial charge in [0.1, 0.15) is 11.3 Å². The van der Waals surface area contributed by atoms with Crippen LogP contribution in [-0.2, 0) is 7.05 Å². The molecule has 0 bridgehead atoms. The molecule has 1 aromatic heterocycles. The molecule has 0 aliphatic carbocycles. The Morgan fingerprint density at radius 3 is 2.78 bits per heavy atom. The number of carboxylic acids is 1. The Kier molecular flexibility index (Phi) is 3.06. The van der Waals surface area contributed by atoms with Crippen molar-refractivity contribution in [3.05, 3.63) is 40.2 Å². The van der Waals surface area contributed by atoms with Crippen LogP contribution in [0.15, 0.2) is 29.2 Å². The molecule has 0 fully saturated rings. The maximum Gasteiger partial charge on any atom is 0.341 e. The van der Waals surface area contributed by atoms with E-state index in [-0.39, 0.29) is 5.56 Å². The van der Waals surface area contributed by atoms with Crippen LogP contribution in [0.1, 0.15) is 17.3 Å². The molecule has 2 aromatic rings. The first-order valence-corrected chi connectivity index (χ1v) is 5.54. The number of rotatable bonds is 3. The summed E-state index contributed by atoms with van der Waals surface area (Å²) >= 11 is 0. The van der Waals surface area contributed by atoms with Gasteiger partial charge in [-0.25, -0.2) is 4.79 Å². The number of carbonyl (C=O) groups is 1. The zero-order valence-corrected chi connectivity index (χ0v) is 10.1. The highest BCUT2D eigenvalue weighted by atomic mass is 16.5. The zero-order chi connectivity index (χ0) is 13.3. The van der Waals surface area contributed by atoms with Crippen molar-refractivity contribution in [1.82, 2.24) is 4.57 Å². The lowest BCUT2D eigenvalue weighted by molar-refractivity contribution is 0.0695. The van der Waals surface area contributed by atoms with Crippen molar-refractivity contribution >= 4 is 16.9 Å². The van der Waals surface area contributed by atoms with Crippen LogP contribution in [0.25, 0.3) is 10.9 Å². The van der Waals surface area contributed by atoms with Crippen LogP contribution in [0.3, 0.4) is 0 Å². The molecular formula is C13H13NO4. The van der Waals surface area contributed by atoms with Crippen molar-refractivity contribution in [1.29, 1.82) is 0 Å². The monoisotopic (exact) mass is 247 g/mol. The number of aryl methyl sites for hydroxylation is 1. The number of benzene rings is 1. The van der Waals surface area contributed by atoms with E-state index in [0.29, 0.717) is 23.3 Å². The highest BCUT2D eigenvalue weighted by molar-refractivity contribution is 5.92. The van der Waals surface area contributed by atoms with Crippen LogP contribution in [-0.4, -0.2) is 22.2 Å². The average Bonchev–Trinajstić information content (AvgIpc) is 2.34. The number of carboxylic acid groups (broad SMARTS) is 1. The molecule has 1 N–H and O–H groups in total. The van der Waals surface area contributed by atoms with Gasteiger partial charge in [-0.05, 0) is 25.1 Å². The molecule has 0 amide bonds. The Morgan fingerprint density at radius 2 is 2.17 bits per heavy atom. The first-order chi connectivity index (χ1) is 8.54. The van der Waals surface area contributed by atoms with Gasteiger partial charge in [0.05, 0.1) is 17.5 Å². The van der Waals surface area contributed by atoms with E-state index in [1.165, 1.54) is 6.20 Å². The zero-order valence-electron chi connectivity index (χ0n) is 10.1. The van der Waals surface area contributed by atoms with E-state index in [4.69, 9.17) is 9.84 Å². The van der Waals surface area contributed by atoms with Gasteiger partial charge in [-0.15, -0.1) is 0 Å². The molecule has 0 aliphatic heterocycles. The lowest BCUT2D eigenvalue weighted by atomic mass is 10.1. The first-order valence-electron chi connectivity index (χ1n) is 5.54. The third-order valence-electron chi connectivity index (χ3n) is 2.70. The van der Waals surface area contributed by atoms with E-state index in [1.807, 2.05) is 6.92 Å². The fourth-order valence-corrected chi connectivity index (χ4v) is 1.88. The molecule has 18 heavy (non-hydrogen) atoms. The van der Waals surface area contributed by atoms with E-state index in [9.17, 15) is 9.59 Å². The normalized spacial score (nSPS) is 10.6. The van der Waals surface area contributed by atoms with E-state index >= 15 is 0 Å². The number of pyridine rings is 1. The van der Waals surface area contributed by atoms with Crippen LogP contribution >= 0.6 is 0 Å². The number of fused-ring (bicyclic) bond motifs is 1. The second kappa shape index (κ2) is 4.52. The van der Waals surface area contributed by atoms with Gasteiger partial charge in [0, 0.05) is 13.2 Å². The van der Waals surface area contributed by atoms with Gasteiger partial charge in [-0.3, -0.25) is 4.79 Å². The SMILES string of the molecule is CCOc1ccc2c(c1)c(=O)c(C(=O)O)cn2C. The van der Waals surface area contributed by atoms with Gasteiger partial charge in [0.25, 0.3) is 0 Å².